The number of methoxy groups -OCH3 is 1. The molecule has 2 aromatic rings. The average Bonchev–Trinajstić information content (AvgIpc) is 2.47. The molecule has 104 valence electrons. The zero-order valence-corrected chi connectivity index (χ0v) is 11.5. The fraction of sp³-hybridized carbons (Fsp3) is 0.200. The van der Waals surface area contributed by atoms with E-state index in [1.807, 2.05) is 31.2 Å². The number of carbonyl (C=O) groups is 1. The lowest BCUT2D eigenvalue weighted by Crippen LogP contribution is -2.08. The molecule has 0 aliphatic rings. The van der Waals surface area contributed by atoms with E-state index >= 15 is 0 Å². The van der Waals surface area contributed by atoms with Gasteiger partial charge in [0.25, 0.3) is 0 Å². The van der Waals surface area contributed by atoms with E-state index in [-0.39, 0.29) is 0 Å². The normalized spacial score (nSPS) is 10.1. The Kier molecular flexibility index (Phi) is 4.20. The number of hydrogen-bond donors (Lipinski definition) is 2. The zero-order valence-electron chi connectivity index (χ0n) is 11.5. The third-order valence-electron chi connectivity index (χ3n) is 2.93. The van der Waals surface area contributed by atoms with Gasteiger partial charge in [0.1, 0.15) is 5.82 Å². The minimum atomic E-state index is -0.469. The first-order valence-electron chi connectivity index (χ1n) is 6.23. The van der Waals surface area contributed by atoms with E-state index in [1.54, 1.807) is 6.07 Å². The van der Waals surface area contributed by atoms with Crippen LogP contribution in [0.3, 0.4) is 0 Å². The topological polar surface area (TPSA) is 77.2 Å². The monoisotopic (exact) mass is 271 g/mol. The van der Waals surface area contributed by atoms with Crippen LogP contribution in [0.5, 0.6) is 0 Å². The van der Waals surface area contributed by atoms with Crippen molar-refractivity contribution < 1.29 is 9.53 Å². The van der Waals surface area contributed by atoms with E-state index in [9.17, 15) is 4.79 Å². The van der Waals surface area contributed by atoms with Gasteiger partial charge in [0, 0.05) is 6.54 Å². The number of pyridine rings is 1. The molecule has 1 heterocycles. The zero-order chi connectivity index (χ0) is 14.5. The Balaban J connectivity index is 2.10. The molecular formula is C15H17N3O2. The van der Waals surface area contributed by atoms with Gasteiger partial charge in [0.05, 0.1) is 24.6 Å². The number of anilines is 2. The van der Waals surface area contributed by atoms with Gasteiger partial charge >= 0.3 is 5.97 Å². The fourth-order valence-electron chi connectivity index (χ4n) is 1.75. The fourth-order valence-corrected chi connectivity index (χ4v) is 1.75. The standard InChI is InChI=1S/C15H17N3O2/c1-10-3-5-11(6-4-10)8-17-14-7-12(15(19)20-2)13(16)9-18-14/h3-7,9H,8,16H2,1-2H3,(H,17,18). The maximum Gasteiger partial charge on any atom is 0.340 e. The van der Waals surface area contributed by atoms with Crippen LogP contribution in [0.4, 0.5) is 11.5 Å². The van der Waals surface area contributed by atoms with Crippen molar-refractivity contribution in [2.45, 2.75) is 13.5 Å². The SMILES string of the molecule is COC(=O)c1cc(NCc2ccc(C)cc2)ncc1N. The molecular weight excluding hydrogens is 254 g/mol. The lowest BCUT2D eigenvalue weighted by molar-refractivity contribution is 0.0602. The first kappa shape index (κ1) is 13.9. The Hall–Kier alpha value is -2.56. The Morgan fingerprint density at radius 2 is 2.05 bits per heavy atom. The summed E-state index contributed by atoms with van der Waals surface area (Å²) in [5.41, 5.74) is 8.66. The van der Waals surface area contributed by atoms with E-state index in [0.29, 0.717) is 23.6 Å². The van der Waals surface area contributed by atoms with Gasteiger partial charge in [-0.2, -0.15) is 0 Å². The van der Waals surface area contributed by atoms with Crippen molar-refractivity contribution in [3.8, 4) is 0 Å². The predicted octanol–water partition coefficient (Wildman–Crippen LogP) is 2.37. The number of rotatable bonds is 4. The molecule has 0 unspecified atom stereocenters. The summed E-state index contributed by atoms with van der Waals surface area (Å²) in [5, 5.41) is 3.15. The number of ether oxygens (including phenoxy) is 1. The highest BCUT2D eigenvalue weighted by Crippen LogP contribution is 2.16. The number of nitrogen functional groups attached to an aromatic ring is 1. The van der Waals surface area contributed by atoms with Gasteiger partial charge in [0.15, 0.2) is 0 Å². The predicted molar refractivity (Wildman–Crippen MR) is 78.5 cm³/mol. The Morgan fingerprint density at radius 3 is 2.70 bits per heavy atom. The highest BCUT2D eigenvalue weighted by molar-refractivity contribution is 5.95. The van der Waals surface area contributed by atoms with E-state index in [1.165, 1.54) is 18.9 Å². The summed E-state index contributed by atoms with van der Waals surface area (Å²) in [5.74, 6) is 0.114. The van der Waals surface area contributed by atoms with E-state index in [0.717, 1.165) is 5.56 Å². The number of aromatic nitrogens is 1. The van der Waals surface area contributed by atoms with Crippen molar-refractivity contribution in [2.24, 2.45) is 0 Å². The molecule has 0 saturated heterocycles. The third kappa shape index (κ3) is 3.26. The van der Waals surface area contributed by atoms with Crippen molar-refractivity contribution in [3.05, 3.63) is 53.2 Å². The van der Waals surface area contributed by atoms with Gasteiger partial charge in [-0.1, -0.05) is 29.8 Å². The molecule has 20 heavy (non-hydrogen) atoms. The second kappa shape index (κ2) is 6.06. The molecule has 0 amide bonds. The quantitative estimate of drug-likeness (QED) is 0.835. The van der Waals surface area contributed by atoms with Gasteiger partial charge in [-0.05, 0) is 18.6 Å². The van der Waals surface area contributed by atoms with Gasteiger partial charge in [-0.3, -0.25) is 0 Å². The van der Waals surface area contributed by atoms with Gasteiger partial charge in [0.2, 0.25) is 0 Å². The van der Waals surface area contributed by atoms with E-state index in [2.05, 4.69) is 15.0 Å². The average molecular weight is 271 g/mol. The lowest BCUT2D eigenvalue weighted by Gasteiger charge is -2.09. The number of hydrogen-bond acceptors (Lipinski definition) is 5. The minimum absolute atomic E-state index is 0.303. The summed E-state index contributed by atoms with van der Waals surface area (Å²) in [4.78, 5) is 15.7. The second-order valence-corrected chi connectivity index (χ2v) is 4.49. The summed E-state index contributed by atoms with van der Waals surface area (Å²) in [7, 11) is 1.32. The van der Waals surface area contributed by atoms with Crippen LogP contribution >= 0.6 is 0 Å². The molecule has 3 N–H and O–H groups in total. The molecule has 0 aliphatic heterocycles. The number of benzene rings is 1. The summed E-state index contributed by atoms with van der Waals surface area (Å²) < 4.78 is 4.67. The van der Waals surface area contributed by atoms with Crippen LogP contribution < -0.4 is 11.1 Å². The molecule has 0 radical (unpaired) electrons. The summed E-state index contributed by atoms with van der Waals surface area (Å²) in [6.45, 7) is 2.67. The van der Waals surface area contributed by atoms with Crippen LogP contribution in [-0.4, -0.2) is 18.1 Å². The summed E-state index contributed by atoms with van der Waals surface area (Å²) >= 11 is 0. The molecule has 2 rings (SSSR count). The minimum Gasteiger partial charge on any atom is -0.465 e. The van der Waals surface area contributed by atoms with Crippen LogP contribution in [0, 0.1) is 6.92 Å². The second-order valence-electron chi connectivity index (χ2n) is 4.49. The molecule has 0 bridgehead atoms. The number of nitrogens with one attached hydrogen (secondary N) is 1. The Morgan fingerprint density at radius 1 is 1.35 bits per heavy atom. The van der Waals surface area contributed by atoms with Crippen molar-refractivity contribution in [3.63, 3.8) is 0 Å². The molecule has 5 nitrogen and oxygen atoms in total. The largest absolute Gasteiger partial charge is 0.465 e. The number of esters is 1. The first-order valence-corrected chi connectivity index (χ1v) is 6.23. The molecule has 5 heteroatoms. The maximum absolute atomic E-state index is 11.5. The van der Waals surface area contributed by atoms with Gasteiger partial charge in [-0.15, -0.1) is 0 Å². The van der Waals surface area contributed by atoms with Crippen LogP contribution in [0.25, 0.3) is 0 Å². The Bertz CT molecular complexity index is 609. The van der Waals surface area contributed by atoms with Crippen molar-refractivity contribution in [1.82, 2.24) is 4.98 Å². The number of nitrogens with two attached hydrogens (primary N) is 1. The highest BCUT2D eigenvalue weighted by Gasteiger charge is 2.11. The smallest absolute Gasteiger partial charge is 0.340 e. The molecule has 0 atom stereocenters. The van der Waals surface area contributed by atoms with E-state index < -0.39 is 5.97 Å². The van der Waals surface area contributed by atoms with Crippen LogP contribution in [0.15, 0.2) is 36.5 Å². The number of aryl methyl sites for hydroxylation is 1. The van der Waals surface area contributed by atoms with Crippen LogP contribution in [-0.2, 0) is 11.3 Å². The Labute approximate surface area is 117 Å². The highest BCUT2D eigenvalue weighted by atomic mass is 16.5. The van der Waals surface area contributed by atoms with Gasteiger partial charge in [-0.25, -0.2) is 9.78 Å². The summed E-state index contributed by atoms with van der Waals surface area (Å²) in [6.07, 6.45) is 1.45. The van der Waals surface area contributed by atoms with E-state index in [4.69, 9.17) is 5.73 Å². The molecule has 0 aliphatic carbocycles. The lowest BCUT2D eigenvalue weighted by atomic mass is 10.1. The van der Waals surface area contributed by atoms with Gasteiger partial charge < -0.3 is 15.8 Å². The van der Waals surface area contributed by atoms with Crippen molar-refractivity contribution in [2.75, 3.05) is 18.2 Å². The number of carbonyl (C=O) groups excluding carboxylic acids is 1. The molecule has 0 spiro atoms. The molecule has 1 aromatic carbocycles. The third-order valence-corrected chi connectivity index (χ3v) is 2.93. The first-order chi connectivity index (χ1) is 9.60. The van der Waals surface area contributed by atoms with Crippen LogP contribution in [0.2, 0.25) is 0 Å². The molecule has 1 aromatic heterocycles. The van der Waals surface area contributed by atoms with Crippen molar-refractivity contribution in [1.29, 1.82) is 0 Å². The summed E-state index contributed by atoms with van der Waals surface area (Å²) in [6, 6.07) is 9.78. The number of nitrogens with zero attached hydrogens (tertiary/aromatic N) is 1. The maximum atomic E-state index is 11.5. The van der Waals surface area contributed by atoms with Crippen molar-refractivity contribution >= 4 is 17.5 Å². The molecule has 0 fully saturated rings. The molecule has 0 saturated carbocycles. The van der Waals surface area contributed by atoms with Crippen LogP contribution in [0.1, 0.15) is 21.5 Å².